The molecule has 1 amide bonds. The maximum Gasteiger partial charge on any atom is 0.254 e. The lowest BCUT2D eigenvalue weighted by molar-refractivity contribution is 0.0947. The zero-order valence-corrected chi connectivity index (χ0v) is 11.9. The quantitative estimate of drug-likeness (QED) is 0.837. The Morgan fingerprint density at radius 3 is 2.74 bits per heavy atom. The molecule has 0 spiro atoms. The monoisotopic (exact) mass is 346 g/mol. The van der Waals surface area contributed by atoms with E-state index in [0.717, 1.165) is 20.8 Å². The Morgan fingerprint density at radius 2 is 2.11 bits per heavy atom. The van der Waals surface area contributed by atoms with Crippen LogP contribution in [0.1, 0.15) is 15.2 Å². The van der Waals surface area contributed by atoms with E-state index in [4.69, 9.17) is 5.73 Å². The summed E-state index contributed by atoms with van der Waals surface area (Å²) in [5, 5.41) is 2.51. The maximum absolute atomic E-state index is 13.6. The average Bonchev–Trinajstić information content (AvgIpc) is 2.76. The van der Waals surface area contributed by atoms with Crippen LogP contribution < -0.4 is 11.1 Å². The number of halogens is 3. The van der Waals surface area contributed by atoms with Crippen molar-refractivity contribution in [3.05, 3.63) is 50.1 Å². The minimum Gasteiger partial charge on any atom is -0.396 e. The number of benzene rings is 1. The van der Waals surface area contributed by atoms with Gasteiger partial charge in [0.05, 0.1) is 21.6 Å². The third-order valence-electron chi connectivity index (χ3n) is 2.36. The molecule has 0 saturated carbocycles. The van der Waals surface area contributed by atoms with Crippen LogP contribution in [-0.2, 0) is 6.54 Å². The number of hydrogen-bond acceptors (Lipinski definition) is 3. The van der Waals surface area contributed by atoms with Gasteiger partial charge in [0.1, 0.15) is 5.82 Å². The minimum absolute atomic E-state index is 0.241. The number of carbonyl (C=O) groups is 1. The number of nitrogens with two attached hydrogens (primary N) is 1. The van der Waals surface area contributed by atoms with Crippen molar-refractivity contribution in [1.29, 1.82) is 0 Å². The summed E-state index contributed by atoms with van der Waals surface area (Å²) in [4.78, 5) is 12.7. The van der Waals surface area contributed by atoms with E-state index in [1.807, 2.05) is 12.1 Å². The molecule has 1 aromatic heterocycles. The van der Waals surface area contributed by atoms with Crippen LogP contribution in [-0.4, -0.2) is 5.91 Å². The SMILES string of the molecule is Nc1cc(F)cc(C(=O)NCc2ccc(Br)s2)c1F. The molecule has 0 saturated heterocycles. The molecule has 1 heterocycles. The summed E-state index contributed by atoms with van der Waals surface area (Å²) < 4.78 is 27.6. The summed E-state index contributed by atoms with van der Waals surface area (Å²) in [6.07, 6.45) is 0. The fourth-order valence-corrected chi connectivity index (χ4v) is 2.91. The van der Waals surface area contributed by atoms with Crippen molar-refractivity contribution >= 4 is 38.9 Å². The Hall–Kier alpha value is -1.47. The summed E-state index contributed by atoms with van der Waals surface area (Å²) in [6, 6.07) is 5.33. The van der Waals surface area contributed by atoms with Crippen molar-refractivity contribution in [2.24, 2.45) is 0 Å². The Labute approximate surface area is 120 Å². The minimum atomic E-state index is -0.911. The summed E-state index contributed by atoms with van der Waals surface area (Å²) in [5.41, 5.74) is 4.49. The molecular formula is C12H9BrF2N2OS. The highest BCUT2D eigenvalue weighted by Gasteiger charge is 2.16. The van der Waals surface area contributed by atoms with Crippen LogP contribution in [0.5, 0.6) is 0 Å². The van der Waals surface area contributed by atoms with E-state index in [1.165, 1.54) is 11.3 Å². The van der Waals surface area contributed by atoms with Gasteiger partial charge in [-0.15, -0.1) is 11.3 Å². The summed E-state index contributed by atoms with van der Waals surface area (Å²) in [6.45, 7) is 0.241. The second kappa shape index (κ2) is 5.66. The third-order valence-corrected chi connectivity index (χ3v) is 3.99. The molecule has 2 rings (SSSR count). The van der Waals surface area contributed by atoms with E-state index in [1.54, 1.807) is 0 Å². The highest BCUT2D eigenvalue weighted by atomic mass is 79.9. The second-order valence-corrected chi connectivity index (χ2v) is 6.29. The Morgan fingerprint density at radius 1 is 1.37 bits per heavy atom. The van der Waals surface area contributed by atoms with E-state index >= 15 is 0 Å². The Balaban J connectivity index is 2.12. The van der Waals surface area contributed by atoms with Gasteiger partial charge in [0.15, 0.2) is 5.82 Å². The topological polar surface area (TPSA) is 55.1 Å². The molecule has 0 bridgehead atoms. The number of thiophene rings is 1. The molecule has 0 atom stereocenters. The fraction of sp³-hybridized carbons (Fsp3) is 0.0833. The molecule has 0 aliphatic heterocycles. The number of hydrogen-bond donors (Lipinski definition) is 2. The Bertz CT molecular complexity index is 630. The van der Waals surface area contributed by atoms with Gasteiger partial charge in [-0.05, 0) is 40.2 Å². The first-order valence-corrected chi connectivity index (χ1v) is 6.85. The van der Waals surface area contributed by atoms with Crippen molar-refractivity contribution in [1.82, 2.24) is 5.32 Å². The van der Waals surface area contributed by atoms with Crippen LogP contribution in [0.25, 0.3) is 0 Å². The van der Waals surface area contributed by atoms with Crippen LogP contribution in [0, 0.1) is 11.6 Å². The van der Waals surface area contributed by atoms with Crippen LogP contribution in [0.3, 0.4) is 0 Å². The smallest absolute Gasteiger partial charge is 0.254 e. The highest BCUT2D eigenvalue weighted by molar-refractivity contribution is 9.11. The molecule has 2 aromatic rings. The lowest BCUT2D eigenvalue weighted by Gasteiger charge is -2.06. The zero-order chi connectivity index (χ0) is 14.0. The number of carbonyl (C=O) groups excluding carboxylic acids is 1. The van der Waals surface area contributed by atoms with Crippen LogP contribution in [0.2, 0.25) is 0 Å². The molecule has 0 aliphatic carbocycles. The molecule has 0 unspecified atom stereocenters. The van der Waals surface area contributed by atoms with E-state index in [2.05, 4.69) is 21.2 Å². The van der Waals surface area contributed by atoms with Gasteiger partial charge < -0.3 is 11.1 Å². The van der Waals surface area contributed by atoms with Crippen molar-refractivity contribution in [3.63, 3.8) is 0 Å². The van der Waals surface area contributed by atoms with Crippen LogP contribution in [0.4, 0.5) is 14.5 Å². The molecule has 0 aliphatic rings. The van der Waals surface area contributed by atoms with Crippen molar-refractivity contribution in [2.45, 2.75) is 6.54 Å². The standard InChI is InChI=1S/C12H9BrF2N2OS/c13-10-2-1-7(19-10)5-17-12(18)8-3-6(14)4-9(16)11(8)15/h1-4H,5,16H2,(H,17,18). The van der Waals surface area contributed by atoms with Gasteiger partial charge >= 0.3 is 0 Å². The maximum atomic E-state index is 13.6. The van der Waals surface area contributed by atoms with Crippen molar-refractivity contribution in [2.75, 3.05) is 5.73 Å². The number of nitrogen functional groups attached to an aromatic ring is 1. The van der Waals surface area contributed by atoms with E-state index in [0.29, 0.717) is 0 Å². The summed E-state index contributed by atoms with van der Waals surface area (Å²) in [5.74, 6) is -2.36. The lowest BCUT2D eigenvalue weighted by Crippen LogP contribution is -2.24. The van der Waals surface area contributed by atoms with Crippen molar-refractivity contribution in [3.8, 4) is 0 Å². The normalized spacial score (nSPS) is 10.5. The van der Waals surface area contributed by atoms with E-state index in [9.17, 15) is 13.6 Å². The molecule has 1 aromatic carbocycles. The fourth-order valence-electron chi connectivity index (χ4n) is 1.48. The molecule has 0 fully saturated rings. The molecule has 100 valence electrons. The second-order valence-electron chi connectivity index (χ2n) is 3.75. The molecule has 7 heteroatoms. The van der Waals surface area contributed by atoms with Crippen LogP contribution >= 0.6 is 27.3 Å². The predicted molar refractivity (Wildman–Crippen MR) is 74.0 cm³/mol. The van der Waals surface area contributed by atoms with Gasteiger partial charge in [-0.25, -0.2) is 8.78 Å². The first kappa shape index (κ1) is 14.0. The number of anilines is 1. The average molecular weight is 347 g/mol. The summed E-state index contributed by atoms with van der Waals surface area (Å²) in [7, 11) is 0. The lowest BCUT2D eigenvalue weighted by atomic mass is 10.1. The first-order chi connectivity index (χ1) is 8.97. The van der Waals surface area contributed by atoms with Gasteiger partial charge in [0.2, 0.25) is 0 Å². The molecule has 0 radical (unpaired) electrons. The van der Waals surface area contributed by atoms with Crippen molar-refractivity contribution < 1.29 is 13.6 Å². The molecule has 3 N–H and O–H groups in total. The summed E-state index contributed by atoms with van der Waals surface area (Å²) >= 11 is 4.74. The van der Waals surface area contributed by atoms with Gasteiger partial charge in [0, 0.05) is 4.88 Å². The number of amides is 1. The number of rotatable bonds is 3. The van der Waals surface area contributed by atoms with E-state index < -0.39 is 23.1 Å². The first-order valence-electron chi connectivity index (χ1n) is 5.24. The molecular weight excluding hydrogens is 338 g/mol. The van der Waals surface area contributed by atoms with Gasteiger partial charge in [-0.2, -0.15) is 0 Å². The number of nitrogens with one attached hydrogen (secondary N) is 1. The van der Waals surface area contributed by atoms with Gasteiger partial charge in [0.25, 0.3) is 5.91 Å². The van der Waals surface area contributed by atoms with Gasteiger partial charge in [-0.3, -0.25) is 4.79 Å². The predicted octanol–water partition coefficient (Wildman–Crippen LogP) is 3.30. The molecule has 19 heavy (non-hydrogen) atoms. The zero-order valence-electron chi connectivity index (χ0n) is 9.54. The Kier molecular flexibility index (Phi) is 4.16. The highest BCUT2D eigenvalue weighted by Crippen LogP contribution is 2.22. The van der Waals surface area contributed by atoms with Crippen LogP contribution in [0.15, 0.2) is 28.1 Å². The van der Waals surface area contributed by atoms with E-state index in [-0.39, 0.29) is 12.2 Å². The molecule has 3 nitrogen and oxygen atoms in total. The largest absolute Gasteiger partial charge is 0.396 e. The van der Waals surface area contributed by atoms with Gasteiger partial charge in [-0.1, -0.05) is 0 Å². The third kappa shape index (κ3) is 3.30.